The number of nitrogens with zero attached hydrogens (tertiary/aromatic N) is 2. The third-order valence-electron chi connectivity index (χ3n) is 5.33. The van der Waals surface area contributed by atoms with Crippen LogP contribution in [0.1, 0.15) is 17.5 Å². The number of quaternary nitrogens is 1. The fourth-order valence-corrected chi connectivity index (χ4v) is 5.49. The Morgan fingerprint density at radius 1 is 1.07 bits per heavy atom. The molecule has 6 heteroatoms. The van der Waals surface area contributed by atoms with Crippen molar-refractivity contribution in [1.82, 2.24) is 4.57 Å². The number of morpholine rings is 1. The van der Waals surface area contributed by atoms with Crippen LogP contribution in [0.15, 0.2) is 46.1 Å². The van der Waals surface area contributed by atoms with E-state index in [0.29, 0.717) is 0 Å². The zero-order valence-electron chi connectivity index (χ0n) is 16.6. The number of hydrogen-bond acceptors (Lipinski definition) is 4. The minimum absolute atomic E-state index is 0.897. The van der Waals surface area contributed by atoms with Crippen molar-refractivity contribution >= 4 is 28.4 Å². The first kappa shape index (κ1) is 19.6. The van der Waals surface area contributed by atoms with Crippen molar-refractivity contribution in [2.45, 2.75) is 26.8 Å². The highest BCUT2D eigenvalue weighted by atomic mass is 32.1. The van der Waals surface area contributed by atoms with Crippen LogP contribution in [-0.2, 0) is 11.3 Å². The molecule has 4 nitrogen and oxygen atoms in total. The Morgan fingerprint density at radius 3 is 2.57 bits per heavy atom. The average molecular weight is 415 g/mol. The molecule has 1 N–H and O–H groups in total. The molecule has 0 atom stereocenters. The topological polar surface area (TPSA) is 31.0 Å². The van der Waals surface area contributed by atoms with Gasteiger partial charge in [-0.3, -0.25) is 0 Å². The standard InChI is InChI=1S/C22H27N3OS2/c1-17-6-3-7-18(2)21(17)23-22-25(10-5-9-24-11-13-26-14-12-24)19(16-28-22)20-8-4-15-27-20/h3-4,6-8,15-16H,5,9-14H2,1-2H3/p+1. The first-order valence-corrected chi connectivity index (χ1v) is 11.7. The Labute approximate surface area is 174 Å². The molecule has 0 radical (unpaired) electrons. The third kappa shape index (κ3) is 4.46. The van der Waals surface area contributed by atoms with Crippen LogP contribution in [0.4, 0.5) is 5.69 Å². The molecule has 0 unspecified atom stereocenters. The molecule has 3 heterocycles. The molecule has 2 aromatic heterocycles. The van der Waals surface area contributed by atoms with Gasteiger partial charge in [0.1, 0.15) is 13.1 Å². The summed E-state index contributed by atoms with van der Waals surface area (Å²) < 4.78 is 7.91. The van der Waals surface area contributed by atoms with Gasteiger partial charge in [0.15, 0.2) is 4.80 Å². The number of nitrogens with one attached hydrogen (secondary N) is 1. The number of aromatic nitrogens is 1. The SMILES string of the molecule is Cc1cccc(C)c1N=c1scc(-c2cccs2)n1CCC[NH+]1CCOCC1. The molecule has 0 amide bonds. The first-order valence-electron chi connectivity index (χ1n) is 9.97. The van der Waals surface area contributed by atoms with Crippen molar-refractivity contribution in [2.75, 3.05) is 32.8 Å². The lowest BCUT2D eigenvalue weighted by Crippen LogP contribution is -3.14. The molecule has 0 aliphatic carbocycles. The summed E-state index contributed by atoms with van der Waals surface area (Å²) in [7, 11) is 0. The second-order valence-electron chi connectivity index (χ2n) is 7.35. The van der Waals surface area contributed by atoms with E-state index < -0.39 is 0 Å². The summed E-state index contributed by atoms with van der Waals surface area (Å²) in [5.74, 6) is 0. The van der Waals surface area contributed by atoms with Crippen LogP contribution in [0.3, 0.4) is 0 Å². The maximum absolute atomic E-state index is 5.49. The van der Waals surface area contributed by atoms with Crippen LogP contribution in [0.2, 0.25) is 0 Å². The van der Waals surface area contributed by atoms with Crippen LogP contribution in [-0.4, -0.2) is 37.4 Å². The lowest BCUT2D eigenvalue weighted by Gasteiger charge is -2.23. The number of thiazole rings is 1. The highest BCUT2D eigenvalue weighted by Gasteiger charge is 2.15. The molecule has 1 saturated heterocycles. The number of para-hydroxylation sites is 1. The van der Waals surface area contributed by atoms with Gasteiger partial charge in [0.25, 0.3) is 0 Å². The lowest BCUT2D eigenvalue weighted by atomic mass is 10.1. The van der Waals surface area contributed by atoms with Crippen LogP contribution in [0.5, 0.6) is 0 Å². The normalized spacial score (nSPS) is 16.0. The monoisotopic (exact) mass is 414 g/mol. The number of aryl methyl sites for hydroxylation is 2. The first-order chi connectivity index (χ1) is 13.7. The molecule has 1 aliphatic heterocycles. The molecule has 1 fully saturated rings. The number of benzene rings is 1. The Kier molecular flexibility index (Phi) is 6.42. The molecule has 0 spiro atoms. The summed E-state index contributed by atoms with van der Waals surface area (Å²) in [5.41, 5.74) is 4.86. The molecule has 3 aromatic rings. The smallest absolute Gasteiger partial charge is 0.190 e. The van der Waals surface area contributed by atoms with Gasteiger partial charge in [0, 0.05) is 18.3 Å². The number of hydrogen-bond donors (Lipinski definition) is 1. The molecule has 1 aliphatic rings. The number of rotatable bonds is 6. The number of ether oxygens (including phenoxy) is 1. The Morgan fingerprint density at radius 2 is 1.86 bits per heavy atom. The lowest BCUT2D eigenvalue weighted by molar-refractivity contribution is -0.908. The Bertz CT molecular complexity index is 946. The van der Waals surface area contributed by atoms with E-state index in [1.807, 2.05) is 0 Å². The third-order valence-corrected chi connectivity index (χ3v) is 7.09. The zero-order valence-corrected chi connectivity index (χ0v) is 18.2. The van der Waals surface area contributed by atoms with E-state index >= 15 is 0 Å². The molecule has 0 bridgehead atoms. The van der Waals surface area contributed by atoms with E-state index in [1.165, 1.54) is 28.2 Å². The molecular weight excluding hydrogens is 386 g/mol. The van der Waals surface area contributed by atoms with E-state index in [0.717, 1.165) is 49.8 Å². The van der Waals surface area contributed by atoms with Crippen molar-refractivity contribution < 1.29 is 9.64 Å². The van der Waals surface area contributed by atoms with Crippen LogP contribution >= 0.6 is 22.7 Å². The van der Waals surface area contributed by atoms with Crippen LogP contribution < -0.4 is 9.70 Å². The predicted octanol–water partition coefficient (Wildman–Crippen LogP) is 3.43. The van der Waals surface area contributed by atoms with Crippen molar-refractivity contribution in [2.24, 2.45) is 4.99 Å². The van der Waals surface area contributed by atoms with Gasteiger partial charge in [0.2, 0.25) is 0 Å². The summed E-state index contributed by atoms with van der Waals surface area (Å²) in [6.07, 6.45) is 1.16. The minimum atomic E-state index is 0.897. The largest absolute Gasteiger partial charge is 0.370 e. The molecule has 0 saturated carbocycles. The summed E-state index contributed by atoms with van der Waals surface area (Å²) in [6.45, 7) is 10.5. The van der Waals surface area contributed by atoms with E-state index in [2.05, 4.69) is 59.5 Å². The maximum Gasteiger partial charge on any atom is 0.190 e. The quantitative estimate of drug-likeness (QED) is 0.658. The van der Waals surface area contributed by atoms with Crippen molar-refractivity contribution in [3.05, 3.63) is 57.0 Å². The van der Waals surface area contributed by atoms with E-state index in [-0.39, 0.29) is 0 Å². The van der Waals surface area contributed by atoms with Gasteiger partial charge >= 0.3 is 0 Å². The van der Waals surface area contributed by atoms with Crippen LogP contribution in [0.25, 0.3) is 10.6 Å². The van der Waals surface area contributed by atoms with Crippen LogP contribution in [0, 0.1) is 13.8 Å². The van der Waals surface area contributed by atoms with Crippen molar-refractivity contribution in [3.8, 4) is 10.6 Å². The maximum atomic E-state index is 5.49. The average Bonchev–Trinajstić information content (AvgIpc) is 3.36. The molecule has 28 heavy (non-hydrogen) atoms. The van der Waals surface area contributed by atoms with E-state index in [4.69, 9.17) is 9.73 Å². The highest BCUT2D eigenvalue weighted by Crippen LogP contribution is 2.27. The summed E-state index contributed by atoms with van der Waals surface area (Å²) in [4.78, 5) is 9.17. The van der Waals surface area contributed by atoms with E-state index in [1.54, 1.807) is 27.6 Å². The molecule has 1 aromatic carbocycles. The van der Waals surface area contributed by atoms with Gasteiger partial charge in [-0.1, -0.05) is 24.3 Å². The second-order valence-corrected chi connectivity index (χ2v) is 9.13. The van der Waals surface area contributed by atoms with Gasteiger partial charge in [0.05, 0.1) is 36.0 Å². The summed E-state index contributed by atoms with van der Waals surface area (Å²) >= 11 is 3.55. The predicted molar refractivity (Wildman–Crippen MR) is 118 cm³/mol. The Balaban J connectivity index is 1.64. The van der Waals surface area contributed by atoms with Crippen molar-refractivity contribution in [3.63, 3.8) is 0 Å². The fourth-order valence-electron chi connectivity index (χ4n) is 3.73. The summed E-state index contributed by atoms with van der Waals surface area (Å²) in [6, 6.07) is 10.7. The minimum Gasteiger partial charge on any atom is -0.370 e. The van der Waals surface area contributed by atoms with Crippen molar-refractivity contribution in [1.29, 1.82) is 0 Å². The van der Waals surface area contributed by atoms with E-state index in [9.17, 15) is 0 Å². The van der Waals surface area contributed by atoms with Gasteiger partial charge in [-0.2, -0.15) is 0 Å². The van der Waals surface area contributed by atoms with Gasteiger partial charge in [-0.15, -0.1) is 22.7 Å². The molecule has 4 rings (SSSR count). The highest BCUT2D eigenvalue weighted by molar-refractivity contribution is 7.14. The number of thiophene rings is 1. The second kappa shape index (κ2) is 9.18. The van der Waals surface area contributed by atoms with Gasteiger partial charge in [-0.05, 0) is 36.4 Å². The van der Waals surface area contributed by atoms with Gasteiger partial charge < -0.3 is 14.2 Å². The summed E-state index contributed by atoms with van der Waals surface area (Å²) in [5, 5.41) is 4.41. The molecular formula is C22H28N3OS2+. The Hall–Kier alpha value is -1.73. The molecule has 148 valence electrons. The van der Waals surface area contributed by atoms with Gasteiger partial charge in [-0.25, -0.2) is 4.99 Å². The fraction of sp³-hybridized carbons (Fsp3) is 0.409. The zero-order chi connectivity index (χ0) is 19.3.